The van der Waals surface area contributed by atoms with Gasteiger partial charge in [-0.1, -0.05) is 19.1 Å². The van der Waals surface area contributed by atoms with Gasteiger partial charge in [0, 0.05) is 51.1 Å². The third-order valence-electron chi connectivity index (χ3n) is 3.60. The summed E-state index contributed by atoms with van der Waals surface area (Å²) in [6.07, 6.45) is 3.00. The van der Waals surface area contributed by atoms with Gasteiger partial charge < -0.3 is 20.1 Å². The van der Waals surface area contributed by atoms with Crippen LogP contribution >= 0.6 is 35.7 Å². The lowest BCUT2D eigenvalue weighted by atomic mass is 10.1. The first-order valence-electron chi connectivity index (χ1n) is 8.29. The Labute approximate surface area is 173 Å². The minimum absolute atomic E-state index is 0. The van der Waals surface area contributed by atoms with Crippen molar-refractivity contribution >= 4 is 41.7 Å². The average Bonchev–Trinajstić information content (AvgIpc) is 2.59. The summed E-state index contributed by atoms with van der Waals surface area (Å²) in [4.78, 5) is 4.27. The molecule has 0 spiro atoms. The Morgan fingerprint density at radius 2 is 2.04 bits per heavy atom. The lowest BCUT2D eigenvalue weighted by Crippen LogP contribution is -2.39. The van der Waals surface area contributed by atoms with Crippen LogP contribution in [0.25, 0.3) is 0 Å². The van der Waals surface area contributed by atoms with E-state index in [0.717, 1.165) is 30.2 Å². The van der Waals surface area contributed by atoms with E-state index in [4.69, 9.17) is 9.47 Å². The number of halogens is 1. The highest BCUT2D eigenvalue weighted by Gasteiger charge is 2.07. The summed E-state index contributed by atoms with van der Waals surface area (Å²) in [6.45, 7) is 7.19. The van der Waals surface area contributed by atoms with Crippen LogP contribution in [0.2, 0.25) is 0 Å². The van der Waals surface area contributed by atoms with E-state index < -0.39 is 0 Å². The zero-order valence-corrected chi connectivity index (χ0v) is 19.1. The van der Waals surface area contributed by atoms with Gasteiger partial charge in [-0.3, -0.25) is 4.99 Å². The molecule has 0 bridgehead atoms. The predicted molar refractivity (Wildman–Crippen MR) is 120 cm³/mol. The van der Waals surface area contributed by atoms with Crippen molar-refractivity contribution in [3.63, 3.8) is 0 Å². The number of benzene rings is 1. The van der Waals surface area contributed by atoms with Gasteiger partial charge in [0.15, 0.2) is 5.96 Å². The van der Waals surface area contributed by atoms with Gasteiger partial charge in [-0.15, -0.1) is 24.0 Å². The van der Waals surface area contributed by atoms with E-state index in [0.29, 0.717) is 25.0 Å². The molecule has 1 unspecified atom stereocenters. The summed E-state index contributed by atoms with van der Waals surface area (Å²) in [5, 5.41) is 7.24. The van der Waals surface area contributed by atoms with Gasteiger partial charge in [0.1, 0.15) is 5.75 Å². The van der Waals surface area contributed by atoms with Crippen LogP contribution in [0.3, 0.4) is 0 Å². The number of thioether (sulfide) groups is 1. The van der Waals surface area contributed by atoms with Crippen LogP contribution < -0.4 is 15.4 Å². The lowest BCUT2D eigenvalue weighted by molar-refractivity contribution is 0.172. The number of aliphatic imine (C=N–C) groups is 1. The SMILES string of the molecule is CN=C(NCc1ccc(C)cc1OCCCOC)NCC(C)SC.I. The zero-order chi connectivity index (χ0) is 17.8. The van der Waals surface area contributed by atoms with E-state index in [9.17, 15) is 0 Å². The molecule has 7 heteroatoms. The topological polar surface area (TPSA) is 54.9 Å². The van der Waals surface area contributed by atoms with Gasteiger partial charge in [0.25, 0.3) is 0 Å². The van der Waals surface area contributed by atoms with Gasteiger partial charge in [0.05, 0.1) is 6.61 Å². The Morgan fingerprint density at radius 3 is 2.68 bits per heavy atom. The fourth-order valence-corrected chi connectivity index (χ4v) is 2.30. The monoisotopic (exact) mass is 481 g/mol. The van der Waals surface area contributed by atoms with Crippen LogP contribution in [-0.4, -0.2) is 51.4 Å². The maximum atomic E-state index is 5.92. The quantitative estimate of drug-likeness (QED) is 0.232. The zero-order valence-electron chi connectivity index (χ0n) is 15.9. The van der Waals surface area contributed by atoms with Crippen molar-refractivity contribution in [3.05, 3.63) is 29.3 Å². The molecule has 1 atom stereocenters. The smallest absolute Gasteiger partial charge is 0.191 e. The summed E-state index contributed by atoms with van der Waals surface area (Å²) in [5.74, 6) is 1.73. The second-order valence-corrected chi connectivity index (χ2v) is 6.94. The van der Waals surface area contributed by atoms with E-state index in [-0.39, 0.29) is 24.0 Å². The molecule has 144 valence electrons. The maximum absolute atomic E-state index is 5.92. The number of nitrogens with zero attached hydrogens (tertiary/aromatic N) is 1. The number of nitrogens with one attached hydrogen (secondary N) is 2. The Morgan fingerprint density at radius 1 is 1.28 bits per heavy atom. The van der Waals surface area contributed by atoms with Crippen LogP contribution in [-0.2, 0) is 11.3 Å². The van der Waals surface area contributed by atoms with Crippen molar-refractivity contribution in [2.75, 3.05) is 40.2 Å². The molecule has 0 aliphatic carbocycles. The summed E-state index contributed by atoms with van der Waals surface area (Å²) >= 11 is 1.83. The molecule has 5 nitrogen and oxygen atoms in total. The molecule has 0 aliphatic rings. The highest BCUT2D eigenvalue weighted by Crippen LogP contribution is 2.20. The van der Waals surface area contributed by atoms with Gasteiger partial charge in [-0.25, -0.2) is 0 Å². The van der Waals surface area contributed by atoms with Crippen molar-refractivity contribution < 1.29 is 9.47 Å². The summed E-state index contributed by atoms with van der Waals surface area (Å²) in [5.41, 5.74) is 2.32. The summed E-state index contributed by atoms with van der Waals surface area (Å²) in [7, 11) is 3.49. The first-order chi connectivity index (χ1) is 11.6. The van der Waals surface area contributed by atoms with Crippen molar-refractivity contribution in [2.24, 2.45) is 4.99 Å². The van der Waals surface area contributed by atoms with E-state index in [2.05, 4.69) is 53.9 Å². The minimum Gasteiger partial charge on any atom is -0.493 e. The average molecular weight is 481 g/mol. The number of methoxy groups -OCH3 is 1. The third kappa shape index (κ3) is 10.2. The Kier molecular flexibility index (Phi) is 14.1. The number of hydrogen-bond acceptors (Lipinski definition) is 4. The summed E-state index contributed by atoms with van der Waals surface area (Å²) in [6, 6.07) is 6.28. The first kappa shape index (κ1) is 24.3. The van der Waals surface area contributed by atoms with Crippen LogP contribution in [0.1, 0.15) is 24.5 Å². The molecule has 0 radical (unpaired) electrons. The molecule has 0 amide bonds. The number of guanidine groups is 1. The number of aryl methyl sites for hydroxylation is 1. The minimum atomic E-state index is 0. The highest BCUT2D eigenvalue weighted by molar-refractivity contribution is 14.0. The van der Waals surface area contributed by atoms with Crippen LogP contribution in [0.5, 0.6) is 5.75 Å². The van der Waals surface area contributed by atoms with Crippen molar-refractivity contribution in [1.29, 1.82) is 0 Å². The van der Waals surface area contributed by atoms with E-state index in [1.54, 1.807) is 14.2 Å². The molecule has 0 saturated carbocycles. The molecule has 0 aliphatic heterocycles. The van der Waals surface area contributed by atoms with Gasteiger partial charge in [-0.2, -0.15) is 11.8 Å². The molecular weight excluding hydrogens is 449 g/mol. The van der Waals surface area contributed by atoms with Crippen LogP contribution in [0.4, 0.5) is 0 Å². The normalized spacial score (nSPS) is 12.3. The third-order valence-corrected chi connectivity index (χ3v) is 4.57. The fraction of sp³-hybridized carbons (Fsp3) is 0.611. The lowest BCUT2D eigenvalue weighted by Gasteiger charge is -2.16. The van der Waals surface area contributed by atoms with E-state index >= 15 is 0 Å². The molecule has 2 N–H and O–H groups in total. The predicted octanol–water partition coefficient (Wildman–Crippen LogP) is 3.44. The van der Waals surface area contributed by atoms with E-state index in [1.165, 1.54) is 5.56 Å². The standard InChI is InChI=1S/C18H31N3O2S.HI/c1-14-7-8-16(17(11-14)23-10-6-9-22-4)13-21-18(19-3)20-12-15(2)24-5;/h7-8,11,15H,6,9-10,12-13H2,1-5H3,(H2,19,20,21);1H. The second-order valence-electron chi connectivity index (χ2n) is 5.66. The van der Waals surface area contributed by atoms with Crippen molar-refractivity contribution in [2.45, 2.75) is 32.1 Å². The molecule has 0 fully saturated rings. The van der Waals surface area contributed by atoms with Crippen LogP contribution in [0.15, 0.2) is 23.2 Å². The molecule has 0 saturated heterocycles. The molecule has 1 aromatic rings. The molecular formula is C18H32IN3O2S. The molecule has 25 heavy (non-hydrogen) atoms. The Balaban J connectivity index is 0.00000576. The number of ether oxygens (including phenoxy) is 2. The number of rotatable bonds is 10. The van der Waals surface area contributed by atoms with Gasteiger partial charge in [0.2, 0.25) is 0 Å². The Hall–Kier alpha value is -0.670. The van der Waals surface area contributed by atoms with Crippen molar-refractivity contribution in [1.82, 2.24) is 10.6 Å². The van der Waals surface area contributed by atoms with Gasteiger partial charge in [-0.05, 0) is 24.8 Å². The Bertz CT molecular complexity index is 515. The maximum Gasteiger partial charge on any atom is 0.191 e. The first-order valence-corrected chi connectivity index (χ1v) is 9.58. The fourth-order valence-electron chi connectivity index (χ4n) is 2.05. The van der Waals surface area contributed by atoms with Crippen LogP contribution in [0, 0.1) is 6.92 Å². The highest BCUT2D eigenvalue weighted by atomic mass is 127. The molecule has 1 rings (SSSR count). The molecule has 1 aromatic carbocycles. The van der Waals surface area contributed by atoms with Gasteiger partial charge >= 0.3 is 0 Å². The largest absolute Gasteiger partial charge is 0.493 e. The number of hydrogen-bond donors (Lipinski definition) is 2. The molecule has 0 aromatic heterocycles. The second kappa shape index (κ2) is 14.5. The van der Waals surface area contributed by atoms with Crippen molar-refractivity contribution in [3.8, 4) is 5.75 Å². The van der Waals surface area contributed by atoms with E-state index in [1.807, 2.05) is 11.8 Å². The molecule has 0 heterocycles. The summed E-state index contributed by atoms with van der Waals surface area (Å²) < 4.78 is 11.0.